The van der Waals surface area contributed by atoms with Crippen LogP contribution in [0.3, 0.4) is 0 Å². The maximum atomic E-state index is 13.1. The number of carbonyl (C=O) groups excluding carboxylic acids is 2. The number of ether oxygens (including phenoxy) is 2. The Morgan fingerprint density at radius 1 is 0.929 bits per heavy atom. The van der Waals surface area contributed by atoms with Crippen LogP contribution in [0.15, 0.2) is 30.3 Å². The number of carbonyl (C=O) groups is 2. The molecule has 0 spiro atoms. The molecule has 0 aliphatic rings. The number of benzene rings is 2. The lowest BCUT2D eigenvalue weighted by molar-refractivity contribution is -0.168. The molecule has 2 aromatic carbocycles. The average Bonchev–Trinajstić information content (AvgIpc) is 2.70. The van der Waals surface area contributed by atoms with Gasteiger partial charge in [-0.05, 0) is 25.3 Å². The molecule has 6 heteroatoms. The van der Waals surface area contributed by atoms with E-state index in [4.69, 9.17) is 32.7 Å². The van der Waals surface area contributed by atoms with Crippen molar-refractivity contribution in [2.75, 3.05) is 6.61 Å². The number of rotatable bonds is 9. The Kier molecular flexibility index (Phi) is 8.14. The van der Waals surface area contributed by atoms with Crippen LogP contribution in [-0.4, -0.2) is 18.5 Å². The van der Waals surface area contributed by atoms with Gasteiger partial charge in [-0.2, -0.15) is 0 Å². The summed E-state index contributed by atoms with van der Waals surface area (Å²) < 4.78 is 11.1. The van der Waals surface area contributed by atoms with Crippen LogP contribution in [0.1, 0.15) is 52.9 Å². The largest absolute Gasteiger partial charge is 0.465 e. The zero-order valence-corrected chi connectivity index (χ0v) is 18.0. The maximum Gasteiger partial charge on any atom is 0.328 e. The summed E-state index contributed by atoms with van der Waals surface area (Å²) in [5.41, 5.74) is -1.36. The SMILES string of the molecule is CCCCCOC(=O)C(CC)(CC)C(=O)Oc1c(Cl)cc(Cl)c2ccccc12. The Labute approximate surface area is 176 Å². The van der Waals surface area contributed by atoms with Crippen LogP contribution < -0.4 is 4.74 Å². The van der Waals surface area contributed by atoms with Crippen molar-refractivity contribution < 1.29 is 19.1 Å². The van der Waals surface area contributed by atoms with E-state index >= 15 is 0 Å². The van der Waals surface area contributed by atoms with Crippen LogP contribution in [0.25, 0.3) is 10.8 Å². The van der Waals surface area contributed by atoms with Crippen LogP contribution in [0.4, 0.5) is 0 Å². The van der Waals surface area contributed by atoms with Gasteiger partial charge in [0.2, 0.25) is 0 Å². The van der Waals surface area contributed by atoms with E-state index in [1.165, 1.54) is 6.07 Å². The van der Waals surface area contributed by atoms with Gasteiger partial charge in [-0.15, -0.1) is 0 Å². The third kappa shape index (κ3) is 4.61. The molecule has 4 nitrogen and oxygen atoms in total. The molecular weight excluding hydrogens is 399 g/mol. The van der Waals surface area contributed by atoms with E-state index < -0.39 is 17.4 Å². The summed E-state index contributed by atoms with van der Waals surface area (Å²) in [5, 5.41) is 2.02. The van der Waals surface area contributed by atoms with Gasteiger partial charge in [-0.3, -0.25) is 9.59 Å². The molecule has 0 amide bonds. The van der Waals surface area contributed by atoms with Gasteiger partial charge in [-0.25, -0.2) is 0 Å². The molecule has 28 heavy (non-hydrogen) atoms. The van der Waals surface area contributed by atoms with Gasteiger partial charge in [0.25, 0.3) is 0 Å². The molecular formula is C22H26Cl2O4. The quantitative estimate of drug-likeness (QED) is 0.197. The molecule has 0 fully saturated rings. The molecule has 2 aromatic rings. The van der Waals surface area contributed by atoms with E-state index in [9.17, 15) is 9.59 Å². The third-order valence-electron chi connectivity index (χ3n) is 5.06. The smallest absolute Gasteiger partial charge is 0.328 e. The van der Waals surface area contributed by atoms with E-state index in [-0.39, 0.29) is 23.6 Å². The third-order valence-corrected chi connectivity index (χ3v) is 5.66. The molecule has 152 valence electrons. The fraction of sp³-hybridized carbons (Fsp3) is 0.455. The second-order valence-electron chi connectivity index (χ2n) is 6.74. The molecule has 0 saturated carbocycles. The molecule has 2 rings (SSSR count). The first kappa shape index (κ1) is 22.5. The van der Waals surface area contributed by atoms with E-state index in [1.54, 1.807) is 26.0 Å². The van der Waals surface area contributed by atoms with Crippen LogP contribution in [0.2, 0.25) is 10.0 Å². The molecule has 0 radical (unpaired) electrons. The highest BCUT2D eigenvalue weighted by atomic mass is 35.5. The Balaban J connectivity index is 2.32. The minimum absolute atomic E-state index is 0.205. The van der Waals surface area contributed by atoms with Crippen molar-refractivity contribution in [3.8, 4) is 5.75 Å². The van der Waals surface area contributed by atoms with Crippen molar-refractivity contribution in [1.29, 1.82) is 0 Å². The number of halogens is 2. The number of unbranched alkanes of at least 4 members (excludes halogenated alkanes) is 2. The van der Waals surface area contributed by atoms with Crippen molar-refractivity contribution in [3.63, 3.8) is 0 Å². The predicted octanol–water partition coefficient (Wildman–Crippen LogP) is 6.59. The normalized spacial score (nSPS) is 11.5. The first-order valence-corrected chi connectivity index (χ1v) is 10.4. The Bertz CT molecular complexity index is 844. The zero-order chi connectivity index (χ0) is 20.7. The van der Waals surface area contributed by atoms with Crippen molar-refractivity contribution in [1.82, 2.24) is 0 Å². The van der Waals surface area contributed by atoms with Crippen LogP contribution >= 0.6 is 23.2 Å². The number of fused-ring (bicyclic) bond motifs is 1. The molecule has 0 aromatic heterocycles. The Morgan fingerprint density at radius 3 is 2.18 bits per heavy atom. The standard InChI is InChI=1S/C22H26Cl2O4/c1-4-7-10-13-27-20(25)22(5-2,6-3)21(26)28-19-16-12-9-8-11-15(16)17(23)14-18(19)24/h8-9,11-12,14H,4-7,10,13H2,1-3H3. The topological polar surface area (TPSA) is 52.6 Å². The van der Waals surface area contributed by atoms with Crippen LogP contribution in [-0.2, 0) is 14.3 Å². The van der Waals surface area contributed by atoms with Crippen molar-refractivity contribution >= 4 is 45.9 Å². The average molecular weight is 425 g/mol. The van der Waals surface area contributed by atoms with Gasteiger partial charge < -0.3 is 9.47 Å². The number of esters is 2. The van der Waals surface area contributed by atoms with Crippen LogP contribution in [0.5, 0.6) is 5.75 Å². The molecule has 0 aliphatic heterocycles. The van der Waals surface area contributed by atoms with E-state index in [2.05, 4.69) is 6.92 Å². The van der Waals surface area contributed by atoms with Gasteiger partial charge in [-0.1, -0.05) is 81.1 Å². The summed E-state index contributed by atoms with van der Waals surface area (Å²) in [6.45, 7) is 5.92. The van der Waals surface area contributed by atoms with E-state index in [0.29, 0.717) is 17.0 Å². The van der Waals surface area contributed by atoms with E-state index in [1.807, 2.05) is 12.1 Å². The molecule has 0 saturated heterocycles. The van der Waals surface area contributed by atoms with Crippen molar-refractivity contribution in [2.24, 2.45) is 5.41 Å². The lowest BCUT2D eigenvalue weighted by Gasteiger charge is -2.27. The highest BCUT2D eigenvalue weighted by Crippen LogP contribution is 2.40. The van der Waals surface area contributed by atoms with E-state index in [0.717, 1.165) is 24.6 Å². The summed E-state index contributed by atoms with van der Waals surface area (Å²) in [4.78, 5) is 25.8. The predicted molar refractivity (Wildman–Crippen MR) is 113 cm³/mol. The van der Waals surface area contributed by atoms with Crippen molar-refractivity contribution in [3.05, 3.63) is 40.4 Å². The second-order valence-corrected chi connectivity index (χ2v) is 7.55. The zero-order valence-electron chi connectivity index (χ0n) is 16.5. The summed E-state index contributed by atoms with van der Waals surface area (Å²) in [6, 6.07) is 8.78. The van der Waals surface area contributed by atoms with Gasteiger partial charge in [0.15, 0.2) is 11.2 Å². The van der Waals surface area contributed by atoms with Gasteiger partial charge in [0.05, 0.1) is 16.7 Å². The second kappa shape index (κ2) is 10.1. The lowest BCUT2D eigenvalue weighted by Crippen LogP contribution is -2.42. The van der Waals surface area contributed by atoms with Crippen LogP contribution in [0, 0.1) is 5.41 Å². The van der Waals surface area contributed by atoms with Crippen molar-refractivity contribution in [2.45, 2.75) is 52.9 Å². The summed E-state index contributed by atoms with van der Waals surface area (Å²) in [6.07, 6.45) is 3.31. The highest BCUT2D eigenvalue weighted by Gasteiger charge is 2.46. The summed E-state index contributed by atoms with van der Waals surface area (Å²) >= 11 is 12.6. The lowest BCUT2D eigenvalue weighted by atomic mass is 9.82. The molecule has 0 aliphatic carbocycles. The van der Waals surface area contributed by atoms with Gasteiger partial charge >= 0.3 is 11.9 Å². The van der Waals surface area contributed by atoms with Gasteiger partial charge in [0, 0.05) is 10.8 Å². The summed E-state index contributed by atoms with van der Waals surface area (Å²) in [5.74, 6) is -1.00. The monoisotopic (exact) mass is 424 g/mol. The maximum absolute atomic E-state index is 13.1. The fourth-order valence-electron chi connectivity index (χ4n) is 3.13. The molecule has 0 heterocycles. The molecule has 0 bridgehead atoms. The fourth-order valence-corrected chi connectivity index (χ4v) is 3.71. The minimum Gasteiger partial charge on any atom is -0.465 e. The number of hydrogen-bond donors (Lipinski definition) is 0. The first-order chi connectivity index (χ1) is 13.4. The summed E-state index contributed by atoms with van der Waals surface area (Å²) in [7, 11) is 0. The minimum atomic E-state index is -1.36. The molecule has 0 unspecified atom stereocenters. The van der Waals surface area contributed by atoms with Gasteiger partial charge in [0.1, 0.15) is 0 Å². The molecule has 0 N–H and O–H groups in total. The number of hydrogen-bond acceptors (Lipinski definition) is 4. The molecule has 0 atom stereocenters. The highest BCUT2D eigenvalue weighted by molar-refractivity contribution is 6.40. The Hall–Kier alpha value is -1.78. The first-order valence-electron chi connectivity index (χ1n) is 9.67. The Morgan fingerprint density at radius 2 is 1.57 bits per heavy atom.